The van der Waals surface area contributed by atoms with E-state index in [1.165, 1.54) is 5.39 Å². The van der Waals surface area contributed by atoms with Crippen molar-refractivity contribution in [3.05, 3.63) is 79.3 Å². The number of rotatable bonds is 6. The summed E-state index contributed by atoms with van der Waals surface area (Å²) in [6.45, 7) is 1.84. The first-order valence-corrected chi connectivity index (χ1v) is 14.6. The van der Waals surface area contributed by atoms with Gasteiger partial charge in [-0.2, -0.15) is 0 Å². The van der Waals surface area contributed by atoms with Crippen LogP contribution in [0.3, 0.4) is 0 Å². The fourth-order valence-electron chi connectivity index (χ4n) is 5.60. The first-order chi connectivity index (χ1) is 18.4. The number of hydrogen-bond acceptors (Lipinski definition) is 6. The molecule has 1 atom stereocenters. The Hall–Kier alpha value is -3.75. The Balaban J connectivity index is 1.39. The van der Waals surface area contributed by atoms with Gasteiger partial charge in [-0.05, 0) is 79.7 Å². The van der Waals surface area contributed by atoms with Crippen LogP contribution in [-0.4, -0.2) is 53.7 Å². The molecule has 1 N–H and O–H groups in total. The van der Waals surface area contributed by atoms with Crippen LogP contribution < -0.4 is 5.32 Å². The summed E-state index contributed by atoms with van der Waals surface area (Å²) in [7, 11) is 0.611. The van der Waals surface area contributed by atoms with Gasteiger partial charge in [0.1, 0.15) is 0 Å². The zero-order valence-electron chi connectivity index (χ0n) is 21.6. The summed E-state index contributed by atoms with van der Waals surface area (Å²) in [6.07, 6.45) is 7.40. The van der Waals surface area contributed by atoms with Gasteiger partial charge in [-0.15, -0.1) is 0 Å². The highest BCUT2D eigenvalue weighted by molar-refractivity contribution is 7.91. The molecule has 0 radical (unpaired) electrons. The van der Waals surface area contributed by atoms with Crippen LogP contribution in [0.5, 0.6) is 0 Å². The normalized spacial score (nSPS) is 16.7. The third-order valence-electron chi connectivity index (χ3n) is 7.45. The van der Waals surface area contributed by atoms with Crippen molar-refractivity contribution in [3.63, 3.8) is 0 Å². The number of fused-ring (bicyclic) bond motifs is 2. The van der Waals surface area contributed by atoms with E-state index < -0.39 is 9.84 Å². The lowest BCUT2D eigenvalue weighted by Crippen LogP contribution is -2.35. The van der Waals surface area contributed by atoms with Crippen molar-refractivity contribution in [2.24, 2.45) is 13.0 Å². The Morgan fingerprint density at radius 3 is 2.71 bits per heavy atom. The highest BCUT2D eigenvalue weighted by Crippen LogP contribution is 2.35. The smallest absolute Gasteiger partial charge is 0.180 e. The zero-order valence-corrected chi connectivity index (χ0v) is 22.4. The van der Waals surface area contributed by atoms with Crippen molar-refractivity contribution < 1.29 is 8.42 Å². The molecule has 5 aromatic rings. The number of sulfone groups is 1. The molecule has 194 valence electrons. The fourth-order valence-corrected chi connectivity index (χ4v) is 7.42. The first kappa shape index (κ1) is 24.6. The van der Waals surface area contributed by atoms with E-state index in [1.54, 1.807) is 24.5 Å². The fraction of sp³-hybridized carbons (Fsp3) is 0.267. The van der Waals surface area contributed by atoms with Gasteiger partial charge in [-0.3, -0.25) is 9.97 Å². The number of benzene rings is 3. The monoisotopic (exact) mass is 525 g/mol. The molecule has 0 saturated carbocycles. The van der Waals surface area contributed by atoms with E-state index in [9.17, 15) is 8.42 Å². The standard InChI is InChI=1S/C30H31N5O2S/c1-34-14-5-6-21(19-34)20-38(36,37)29-8-4-3-7-26(29)33-24-17-25(30-27(18-24)31-12-13-32-30)23-10-9-22-11-15-35(2)28(22)16-23/h3-4,7-13,15-18,21,33H,5-6,14,19-20H2,1-2H3. The van der Waals surface area contributed by atoms with Crippen molar-refractivity contribution in [2.45, 2.75) is 17.7 Å². The molecule has 0 aliphatic carbocycles. The van der Waals surface area contributed by atoms with Gasteiger partial charge in [0.05, 0.1) is 27.4 Å². The maximum absolute atomic E-state index is 13.6. The third-order valence-corrected chi connectivity index (χ3v) is 9.39. The molecule has 1 fully saturated rings. The number of para-hydroxylation sites is 1. The predicted octanol–water partition coefficient (Wildman–Crippen LogP) is 5.65. The average molecular weight is 526 g/mol. The Bertz CT molecular complexity index is 1740. The lowest BCUT2D eigenvalue weighted by Gasteiger charge is -2.29. The van der Waals surface area contributed by atoms with Crippen LogP contribution in [0.15, 0.2) is 84.1 Å². The van der Waals surface area contributed by atoms with Gasteiger partial charge >= 0.3 is 0 Å². The number of aryl methyl sites for hydroxylation is 1. The van der Waals surface area contributed by atoms with Crippen LogP contribution in [0.4, 0.5) is 11.4 Å². The molecule has 38 heavy (non-hydrogen) atoms. The number of likely N-dealkylation sites (tertiary alicyclic amines) is 1. The third kappa shape index (κ3) is 4.77. The highest BCUT2D eigenvalue weighted by Gasteiger charge is 2.26. The minimum atomic E-state index is -3.48. The van der Waals surface area contributed by atoms with Gasteiger partial charge in [0.25, 0.3) is 0 Å². The maximum Gasteiger partial charge on any atom is 0.180 e. The zero-order chi connectivity index (χ0) is 26.3. The highest BCUT2D eigenvalue weighted by atomic mass is 32.2. The molecule has 1 unspecified atom stereocenters. The molecule has 1 saturated heterocycles. The lowest BCUT2D eigenvalue weighted by molar-refractivity contribution is 0.223. The summed E-state index contributed by atoms with van der Waals surface area (Å²) in [5.41, 5.74) is 5.97. The van der Waals surface area contributed by atoms with Crippen LogP contribution in [0.25, 0.3) is 33.1 Å². The predicted molar refractivity (Wildman–Crippen MR) is 153 cm³/mol. The van der Waals surface area contributed by atoms with Gasteiger partial charge in [0, 0.05) is 49.0 Å². The van der Waals surface area contributed by atoms with E-state index in [4.69, 9.17) is 0 Å². The second-order valence-electron chi connectivity index (χ2n) is 10.3. The van der Waals surface area contributed by atoms with E-state index in [-0.39, 0.29) is 11.7 Å². The quantitative estimate of drug-likeness (QED) is 0.309. The number of piperidine rings is 1. The Morgan fingerprint density at radius 2 is 1.84 bits per heavy atom. The average Bonchev–Trinajstić information content (AvgIpc) is 3.28. The molecule has 1 aliphatic rings. The van der Waals surface area contributed by atoms with Crippen molar-refractivity contribution in [1.29, 1.82) is 0 Å². The summed E-state index contributed by atoms with van der Waals surface area (Å²) >= 11 is 0. The topological polar surface area (TPSA) is 80.1 Å². The molecule has 3 aromatic carbocycles. The molecular formula is C30H31N5O2S. The molecule has 0 bridgehead atoms. The number of anilines is 2. The first-order valence-electron chi connectivity index (χ1n) is 12.9. The minimum Gasteiger partial charge on any atom is -0.354 e. The molecule has 3 heterocycles. The number of aromatic nitrogens is 3. The van der Waals surface area contributed by atoms with Crippen LogP contribution in [0.2, 0.25) is 0 Å². The van der Waals surface area contributed by atoms with Crippen molar-refractivity contribution in [1.82, 2.24) is 19.4 Å². The summed E-state index contributed by atoms with van der Waals surface area (Å²) in [4.78, 5) is 11.7. The minimum absolute atomic E-state index is 0.141. The Labute approximate surface area is 223 Å². The molecule has 0 amide bonds. The van der Waals surface area contributed by atoms with E-state index in [0.717, 1.165) is 59.3 Å². The number of nitrogens with one attached hydrogen (secondary N) is 1. The van der Waals surface area contributed by atoms with Crippen molar-refractivity contribution in [3.8, 4) is 11.1 Å². The Kier molecular flexibility index (Phi) is 6.37. The van der Waals surface area contributed by atoms with E-state index >= 15 is 0 Å². The van der Waals surface area contributed by atoms with Gasteiger partial charge in [-0.1, -0.05) is 24.3 Å². The van der Waals surface area contributed by atoms with Crippen LogP contribution in [-0.2, 0) is 16.9 Å². The number of nitrogens with zero attached hydrogens (tertiary/aromatic N) is 4. The van der Waals surface area contributed by atoms with E-state index in [1.807, 2.05) is 37.5 Å². The molecule has 7 nitrogen and oxygen atoms in total. The maximum atomic E-state index is 13.6. The molecule has 8 heteroatoms. The molecule has 0 spiro atoms. The second kappa shape index (κ2) is 9.85. The van der Waals surface area contributed by atoms with E-state index in [2.05, 4.69) is 56.1 Å². The molecular weight excluding hydrogens is 494 g/mol. The molecule has 2 aromatic heterocycles. The summed E-state index contributed by atoms with van der Waals surface area (Å²) in [5.74, 6) is 0.294. The SMILES string of the molecule is CN1CCCC(CS(=O)(=O)c2ccccc2Nc2cc(-c3ccc4ccn(C)c4c3)c3nccnc3c2)C1. The van der Waals surface area contributed by atoms with Crippen molar-refractivity contribution in [2.75, 3.05) is 31.2 Å². The van der Waals surface area contributed by atoms with Gasteiger partial charge in [-0.25, -0.2) is 8.42 Å². The summed E-state index contributed by atoms with van der Waals surface area (Å²) < 4.78 is 29.2. The largest absolute Gasteiger partial charge is 0.354 e. The summed E-state index contributed by atoms with van der Waals surface area (Å²) in [5, 5.41) is 4.58. The van der Waals surface area contributed by atoms with Gasteiger partial charge in [0.15, 0.2) is 9.84 Å². The second-order valence-corrected chi connectivity index (χ2v) is 12.3. The molecule has 1 aliphatic heterocycles. The summed E-state index contributed by atoms with van der Waals surface area (Å²) in [6, 6.07) is 19.6. The molecule has 6 rings (SSSR count). The van der Waals surface area contributed by atoms with Crippen LogP contribution >= 0.6 is 0 Å². The van der Waals surface area contributed by atoms with E-state index in [0.29, 0.717) is 10.6 Å². The van der Waals surface area contributed by atoms with Crippen molar-refractivity contribution >= 4 is 43.1 Å². The Morgan fingerprint density at radius 1 is 1.00 bits per heavy atom. The van der Waals surface area contributed by atoms with Gasteiger partial charge < -0.3 is 14.8 Å². The van der Waals surface area contributed by atoms with Crippen LogP contribution in [0.1, 0.15) is 12.8 Å². The van der Waals surface area contributed by atoms with Crippen LogP contribution in [0, 0.1) is 5.92 Å². The lowest BCUT2D eigenvalue weighted by atomic mass is 10.0. The van der Waals surface area contributed by atoms with Gasteiger partial charge in [0.2, 0.25) is 0 Å². The number of hydrogen-bond donors (Lipinski definition) is 1.